The van der Waals surface area contributed by atoms with E-state index in [1.165, 1.54) is 89.9 Å². The van der Waals surface area contributed by atoms with Crippen LogP contribution in [0.15, 0.2) is 11.6 Å². The molecule has 0 radical (unpaired) electrons. The Kier molecular flexibility index (Phi) is 8.77. The molecule has 0 amide bonds. The summed E-state index contributed by atoms with van der Waals surface area (Å²) < 4.78 is 0. The summed E-state index contributed by atoms with van der Waals surface area (Å²) in [5.74, 6) is 4.06. The Balaban J connectivity index is 1.62. The van der Waals surface area contributed by atoms with Crippen molar-refractivity contribution in [2.24, 2.45) is 23.7 Å². The molecular formula is C23H42. The van der Waals surface area contributed by atoms with E-state index < -0.39 is 0 Å². The molecule has 0 saturated heterocycles. The number of hydrogen-bond acceptors (Lipinski definition) is 0. The minimum Gasteiger partial charge on any atom is -0.0853 e. The Morgan fingerprint density at radius 3 is 1.61 bits per heavy atom. The first-order chi connectivity index (χ1) is 11.2. The second-order valence-electron chi connectivity index (χ2n) is 8.71. The maximum atomic E-state index is 2.61. The van der Waals surface area contributed by atoms with Crippen molar-refractivity contribution in [3.8, 4) is 0 Å². The predicted octanol–water partition coefficient (Wildman–Crippen LogP) is 7.93. The Morgan fingerprint density at radius 1 is 0.696 bits per heavy atom. The molecule has 0 heterocycles. The van der Waals surface area contributed by atoms with E-state index in [0.29, 0.717) is 0 Å². The van der Waals surface area contributed by atoms with Crippen molar-refractivity contribution in [1.82, 2.24) is 0 Å². The lowest BCUT2D eigenvalue weighted by atomic mass is 9.76. The van der Waals surface area contributed by atoms with E-state index in [1.54, 1.807) is 5.57 Å². The highest BCUT2D eigenvalue weighted by Crippen LogP contribution is 2.36. The van der Waals surface area contributed by atoms with Gasteiger partial charge >= 0.3 is 0 Å². The molecule has 0 heteroatoms. The zero-order valence-electron chi connectivity index (χ0n) is 16.3. The quantitative estimate of drug-likeness (QED) is 0.399. The third kappa shape index (κ3) is 6.63. The number of allylic oxidation sites excluding steroid dienone is 2. The van der Waals surface area contributed by atoms with Gasteiger partial charge in [-0.3, -0.25) is 0 Å². The van der Waals surface area contributed by atoms with Gasteiger partial charge < -0.3 is 0 Å². The van der Waals surface area contributed by atoms with Crippen molar-refractivity contribution in [2.45, 2.75) is 111 Å². The highest BCUT2D eigenvalue weighted by molar-refractivity contribution is 5.04. The van der Waals surface area contributed by atoms with Gasteiger partial charge in [0.25, 0.3) is 0 Å². The lowest BCUT2D eigenvalue weighted by Crippen LogP contribution is -2.15. The van der Waals surface area contributed by atoms with Crippen LogP contribution in [-0.4, -0.2) is 0 Å². The van der Waals surface area contributed by atoms with E-state index in [1.807, 2.05) is 0 Å². The molecule has 0 aromatic carbocycles. The molecule has 0 N–H and O–H groups in total. The molecule has 2 aliphatic rings. The largest absolute Gasteiger partial charge is 0.0853 e. The predicted molar refractivity (Wildman–Crippen MR) is 104 cm³/mol. The fourth-order valence-electron chi connectivity index (χ4n) is 5.25. The fourth-order valence-corrected chi connectivity index (χ4v) is 5.25. The summed E-state index contributed by atoms with van der Waals surface area (Å²) in [5.41, 5.74) is 1.72. The molecule has 2 rings (SSSR count). The molecule has 0 aromatic rings. The van der Waals surface area contributed by atoms with Crippen LogP contribution in [0, 0.1) is 23.7 Å². The van der Waals surface area contributed by atoms with Crippen LogP contribution in [0.1, 0.15) is 111 Å². The van der Waals surface area contributed by atoms with Crippen molar-refractivity contribution in [3.05, 3.63) is 11.6 Å². The van der Waals surface area contributed by atoms with Crippen molar-refractivity contribution >= 4 is 0 Å². The summed E-state index contributed by atoms with van der Waals surface area (Å²) in [6, 6.07) is 0. The first kappa shape index (κ1) is 19.1. The zero-order chi connectivity index (χ0) is 16.5. The van der Waals surface area contributed by atoms with Crippen LogP contribution in [0.3, 0.4) is 0 Å². The molecule has 0 spiro atoms. The van der Waals surface area contributed by atoms with E-state index in [4.69, 9.17) is 0 Å². The lowest BCUT2D eigenvalue weighted by molar-refractivity contribution is 0.252. The molecule has 2 saturated carbocycles. The van der Waals surface area contributed by atoms with Crippen molar-refractivity contribution in [3.63, 3.8) is 0 Å². The lowest BCUT2D eigenvalue weighted by Gasteiger charge is -2.29. The van der Waals surface area contributed by atoms with Crippen LogP contribution in [0.5, 0.6) is 0 Å². The maximum Gasteiger partial charge on any atom is -0.0206 e. The molecule has 0 nitrogen and oxygen atoms in total. The average Bonchev–Trinajstić information content (AvgIpc) is 2.57. The van der Waals surface area contributed by atoms with Crippen LogP contribution >= 0.6 is 0 Å². The SMILES string of the molecule is CCCC1CCC(CC/C=C(/C)C2CCC(CCC)CC2)CC1. The summed E-state index contributed by atoms with van der Waals surface area (Å²) >= 11 is 0. The van der Waals surface area contributed by atoms with Crippen LogP contribution in [0.4, 0.5) is 0 Å². The summed E-state index contributed by atoms with van der Waals surface area (Å²) in [5, 5.41) is 0. The Morgan fingerprint density at radius 2 is 1.13 bits per heavy atom. The minimum atomic E-state index is 0.920. The summed E-state index contributed by atoms with van der Waals surface area (Å²) in [7, 11) is 0. The van der Waals surface area contributed by atoms with Gasteiger partial charge in [0.05, 0.1) is 0 Å². The van der Waals surface area contributed by atoms with Gasteiger partial charge in [0, 0.05) is 0 Å². The first-order valence-corrected chi connectivity index (χ1v) is 10.9. The summed E-state index contributed by atoms with van der Waals surface area (Å²) in [4.78, 5) is 0. The van der Waals surface area contributed by atoms with E-state index in [2.05, 4.69) is 26.8 Å². The van der Waals surface area contributed by atoms with E-state index in [-0.39, 0.29) is 0 Å². The summed E-state index contributed by atoms with van der Waals surface area (Å²) in [6.45, 7) is 7.10. The molecule has 0 unspecified atom stereocenters. The molecule has 2 aliphatic carbocycles. The molecular weight excluding hydrogens is 276 g/mol. The normalized spacial score (nSPS) is 32.9. The van der Waals surface area contributed by atoms with Crippen molar-refractivity contribution < 1.29 is 0 Å². The van der Waals surface area contributed by atoms with Gasteiger partial charge in [0.1, 0.15) is 0 Å². The number of rotatable bonds is 8. The summed E-state index contributed by atoms with van der Waals surface area (Å²) in [6.07, 6.45) is 23.1. The standard InChI is InChI=1S/C23H42/c1-4-7-20-11-13-22(14-12-20)10-6-9-19(3)23-17-15-21(8-5-2)16-18-23/h9,20-23H,4-8,10-18H2,1-3H3/b19-9-. The molecule has 134 valence electrons. The zero-order valence-corrected chi connectivity index (χ0v) is 16.3. The van der Waals surface area contributed by atoms with E-state index in [0.717, 1.165) is 23.7 Å². The van der Waals surface area contributed by atoms with Crippen LogP contribution in [0.25, 0.3) is 0 Å². The molecule has 2 fully saturated rings. The Hall–Kier alpha value is -0.260. The third-order valence-electron chi connectivity index (χ3n) is 6.89. The van der Waals surface area contributed by atoms with Gasteiger partial charge in [0.2, 0.25) is 0 Å². The van der Waals surface area contributed by atoms with Crippen LogP contribution in [0.2, 0.25) is 0 Å². The molecule has 0 aromatic heterocycles. The fraction of sp³-hybridized carbons (Fsp3) is 0.913. The molecule has 0 atom stereocenters. The first-order valence-electron chi connectivity index (χ1n) is 10.9. The maximum absolute atomic E-state index is 2.61. The van der Waals surface area contributed by atoms with Gasteiger partial charge in [-0.1, -0.05) is 76.9 Å². The monoisotopic (exact) mass is 318 g/mol. The smallest absolute Gasteiger partial charge is 0.0206 e. The van der Waals surface area contributed by atoms with Crippen LogP contribution < -0.4 is 0 Å². The topological polar surface area (TPSA) is 0 Å². The van der Waals surface area contributed by atoms with Crippen LogP contribution in [-0.2, 0) is 0 Å². The number of hydrogen-bond donors (Lipinski definition) is 0. The van der Waals surface area contributed by atoms with Crippen molar-refractivity contribution in [2.75, 3.05) is 0 Å². The Labute approximate surface area is 146 Å². The van der Waals surface area contributed by atoms with Crippen molar-refractivity contribution in [1.29, 1.82) is 0 Å². The Bertz CT molecular complexity index is 324. The van der Waals surface area contributed by atoms with Gasteiger partial charge in [0.15, 0.2) is 0 Å². The minimum absolute atomic E-state index is 0.920. The average molecular weight is 319 g/mol. The molecule has 0 bridgehead atoms. The van der Waals surface area contributed by atoms with Gasteiger partial charge in [-0.2, -0.15) is 0 Å². The highest BCUT2D eigenvalue weighted by atomic mass is 14.3. The second kappa shape index (κ2) is 10.6. The van der Waals surface area contributed by atoms with E-state index >= 15 is 0 Å². The third-order valence-corrected chi connectivity index (χ3v) is 6.89. The van der Waals surface area contributed by atoms with E-state index in [9.17, 15) is 0 Å². The highest BCUT2D eigenvalue weighted by Gasteiger charge is 2.22. The van der Waals surface area contributed by atoms with Gasteiger partial charge in [-0.15, -0.1) is 0 Å². The molecule has 23 heavy (non-hydrogen) atoms. The molecule has 0 aliphatic heterocycles. The second-order valence-corrected chi connectivity index (χ2v) is 8.71. The van der Waals surface area contributed by atoms with Gasteiger partial charge in [-0.05, 0) is 69.1 Å². The van der Waals surface area contributed by atoms with Gasteiger partial charge in [-0.25, -0.2) is 0 Å².